The van der Waals surface area contributed by atoms with Crippen molar-refractivity contribution in [2.24, 2.45) is 0 Å². The summed E-state index contributed by atoms with van der Waals surface area (Å²) in [6, 6.07) is 14.2. The van der Waals surface area contributed by atoms with Crippen LogP contribution < -0.4 is 9.47 Å². The fourth-order valence-electron chi connectivity index (χ4n) is 3.02. The second-order valence-electron chi connectivity index (χ2n) is 5.73. The van der Waals surface area contributed by atoms with Crippen LogP contribution in [0.1, 0.15) is 36.6 Å². The third-order valence-electron chi connectivity index (χ3n) is 4.07. The van der Waals surface area contributed by atoms with Crippen LogP contribution in [-0.2, 0) is 17.8 Å². The van der Waals surface area contributed by atoms with E-state index in [0.29, 0.717) is 6.61 Å². The Morgan fingerprint density at radius 2 is 1.86 bits per heavy atom. The van der Waals surface area contributed by atoms with Crippen LogP contribution in [0, 0.1) is 0 Å². The number of hydrogen-bond acceptors (Lipinski definition) is 3. The summed E-state index contributed by atoms with van der Waals surface area (Å²) < 4.78 is 17.5. The van der Waals surface area contributed by atoms with Gasteiger partial charge >= 0.3 is 0 Å². The van der Waals surface area contributed by atoms with Crippen LogP contribution >= 0.6 is 0 Å². The molecule has 0 N–H and O–H groups in total. The summed E-state index contributed by atoms with van der Waals surface area (Å²) in [7, 11) is 1.68. The van der Waals surface area contributed by atoms with E-state index in [9.17, 15) is 0 Å². The summed E-state index contributed by atoms with van der Waals surface area (Å²) in [5.74, 6) is 1.64. The largest absolute Gasteiger partial charge is 0.493 e. The second kappa shape index (κ2) is 6.41. The minimum absolute atomic E-state index is 0.0868. The monoisotopic (exact) mass is 298 g/mol. The number of methoxy groups -OCH3 is 1. The van der Waals surface area contributed by atoms with E-state index in [1.165, 1.54) is 11.1 Å². The van der Waals surface area contributed by atoms with Gasteiger partial charge < -0.3 is 14.2 Å². The van der Waals surface area contributed by atoms with Gasteiger partial charge in [0.25, 0.3) is 0 Å². The minimum atomic E-state index is 0.0868. The Kier molecular flexibility index (Phi) is 4.34. The smallest absolute Gasteiger partial charge is 0.165 e. The summed E-state index contributed by atoms with van der Waals surface area (Å²) in [5, 5.41) is 0. The maximum absolute atomic E-state index is 6.13. The van der Waals surface area contributed by atoms with E-state index in [1.807, 2.05) is 24.3 Å². The predicted molar refractivity (Wildman–Crippen MR) is 86.4 cm³/mol. The van der Waals surface area contributed by atoms with Crippen LogP contribution in [0.5, 0.6) is 11.5 Å². The zero-order valence-electron chi connectivity index (χ0n) is 13.3. The Labute approximate surface area is 131 Å². The molecule has 1 aliphatic rings. The maximum Gasteiger partial charge on any atom is 0.165 e. The van der Waals surface area contributed by atoms with Gasteiger partial charge in [0.1, 0.15) is 6.61 Å². The highest BCUT2D eigenvalue weighted by atomic mass is 16.5. The van der Waals surface area contributed by atoms with E-state index in [0.717, 1.165) is 23.5 Å². The summed E-state index contributed by atoms with van der Waals surface area (Å²) in [6.45, 7) is 4.72. The second-order valence-corrected chi connectivity index (χ2v) is 5.73. The molecule has 1 heterocycles. The van der Waals surface area contributed by atoms with Gasteiger partial charge in [-0.1, -0.05) is 36.4 Å². The molecule has 3 heteroatoms. The van der Waals surface area contributed by atoms with E-state index >= 15 is 0 Å². The van der Waals surface area contributed by atoms with Gasteiger partial charge in [0.2, 0.25) is 0 Å². The Hall–Kier alpha value is -2.00. The summed E-state index contributed by atoms with van der Waals surface area (Å²) in [5.41, 5.74) is 3.55. The Bertz CT molecular complexity index is 637. The van der Waals surface area contributed by atoms with Gasteiger partial charge in [-0.15, -0.1) is 0 Å². The highest BCUT2D eigenvalue weighted by Gasteiger charge is 2.27. The molecule has 2 aromatic rings. The SMILES string of the molecule is COc1ccc2c(c1OCc1ccccc1)C[C@H](C)O[C@@H]2C. The van der Waals surface area contributed by atoms with E-state index < -0.39 is 0 Å². The highest BCUT2D eigenvalue weighted by molar-refractivity contribution is 5.52. The molecule has 2 aromatic carbocycles. The Balaban J connectivity index is 1.93. The first kappa shape index (κ1) is 14.9. The zero-order valence-corrected chi connectivity index (χ0v) is 13.3. The quantitative estimate of drug-likeness (QED) is 0.842. The van der Waals surface area contributed by atoms with Crippen molar-refractivity contribution in [2.45, 2.75) is 39.1 Å². The molecule has 0 fully saturated rings. The Morgan fingerprint density at radius 3 is 2.59 bits per heavy atom. The number of fused-ring (bicyclic) bond motifs is 1. The molecule has 0 saturated heterocycles. The molecule has 0 bridgehead atoms. The van der Waals surface area contributed by atoms with Crippen molar-refractivity contribution < 1.29 is 14.2 Å². The molecule has 116 valence electrons. The normalized spacial score (nSPS) is 20.3. The first-order chi connectivity index (χ1) is 10.7. The van der Waals surface area contributed by atoms with Gasteiger partial charge in [0, 0.05) is 12.0 Å². The topological polar surface area (TPSA) is 27.7 Å². The molecule has 1 aliphatic heterocycles. The maximum atomic E-state index is 6.13. The molecule has 0 aromatic heterocycles. The number of ether oxygens (including phenoxy) is 3. The van der Waals surface area contributed by atoms with Gasteiger partial charge in [-0.05, 0) is 31.0 Å². The lowest BCUT2D eigenvalue weighted by Gasteiger charge is -2.30. The van der Waals surface area contributed by atoms with Crippen molar-refractivity contribution in [1.82, 2.24) is 0 Å². The lowest BCUT2D eigenvalue weighted by atomic mass is 9.94. The summed E-state index contributed by atoms with van der Waals surface area (Å²) >= 11 is 0. The van der Waals surface area contributed by atoms with Crippen molar-refractivity contribution in [3.05, 3.63) is 59.2 Å². The number of hydrogen-bond donors (Lipinski definition) is 0. The molecule has 0 unspecified atom stereocenters. The molecular formula is C19H22O3. The van der Waals surface area contributed by atoms with E-state index in [4.69, 9.17) is 14.2 Å². The fourth-order valence-corrected chi connectivity index (χ4v) is 3.02. The molecule has 0 aliphatic carbocycles. The van der Waals surface area contributed by atoms with Gasteiger partial charge in [-0.2, -0.15) is 0 Å². The van der Waals surface area contributed by atoms with Crippen LogP contribution in [0.15, 0.2) is 42.5 Å². The van der Waals surface area contributed by atoms with Crippen LogP contribution in [0.25, 0.3) is 0 Å². The van der Waals surface area contributed by atoms with Crippen molar-refractivity contribution in [2.75, 3.05) is 7.11 Å². The minimum Gasteiger partial charge on any atom is -0.493 e. The molecule has 0 radical (unpaired) electrons. The van der Waals surface area contributed by atoms with Gasteiger partial charge in [0.05, 0.1) is 19.3 Å². The first-order valence-corrected chi connectivity index (χ1v) is 7.71. The fraction of sp³-hybridized carbons (Fsp3) is 0.368. The predicted octanol–water partition coefficient (Wildman–Crippen LogP) is 4.30. The summed E-state index contributed by atoms with van der Waals surface area (Å²) in [4.78, 5) is 0. The highest BCUT2D eigenvalue weighted by Crippen LogP contribution is 2.41. The molecule has 2 atom stereocenters. The lowest BCUT2D eigenvalue weighted by molar-refractivity contribution is -0.00566. The third-order valence-corrected chi connectivity index (χ3v) is 4.07. The molecule has 3 nitrogen and oxygen atoms in total. The molecule has 22 heavy (non-hydrogen) atoms. The van der Waals surface area contributed by atoms with Gasteiger partial charge in [-0.25, -0.2) is 0 Å². The van der Waals surface area contributed by atoms with Crippen LogP contribution in [0.4, 0.5) is 0 Å². The molecular weight excluding hydrogens is 276 g/mol. The lowest BCUT2D eigenvalue weighted by Crippen LogP contribution is -2.23. The zero-order chi connectivity index (χ0) is 15.5. The molecule has 3 rings (SSSR count). The van der Waals surface area contributed by atoms with Crippen molar-refractivity contribution in [1.29, 1.82) is 0 Å². The van der Waals surface area contributed by atoms with E-state index in [1.54, 1.807) is 7.11 Å². The number of rotatable bonds is 4. The molecule has 0 saturated carbocycles. The first-order valence-electron chi connectivity index (χ1n) is 7.71. The van der Waals surface area contributed by atoms with Crippen LogP contribution in [0.3, 0.4) is 0 Å². The average Bonchev–Trinajstić information content (AvgIpc) is 2.53. The third kappa shape index (κ3) is 2.95. The van der Waals surface area contributed by atoms with Crippen LogP contribution in [-0.4, -0.2) is 13.2 Å². The molecule has 0 spiro atoms. The van der Waals surface area contributed by atoms with Crippen molar-refractivity contribution >= 4 is 0 Å². The van der Waals surface area contributed by atoms with E-state index in [2.05, 4.69) is 32.0 Å². The summed E-state index contributed by atoms with van der Waals surface area (Å²) in [6.07, 6.45) is 1.12. The van der Waals surface area contributed by atoms with E-state index in [-0.39, 0.29) is 12.2 Å². The van der Waals surface area contributed by atoms with Crippen molar-refractivity contribution in [3.8, 4) is 11.5 Å². The number of benzene rings is 2. The van der Waals surface area contributed by atoms with Gasteiger partial charge in [-0.3, -0.25) is 0 Å². The average molecular weight is 298 g/mol. The molecule has 0 amide bonds. The van der Waals surface area contributed by atoms with Gasteiger partial charge in [0.15, 0.2) is 11.5 Å². The standard InChI is InChI=1S/C19H22O3/c1-13-11-17-16(14(2)22-13)9-10-18(20-3)19(17)21-12-15-7-5-4-6-8-15/h4-10,13-14H,11-12H2,1-3H3/t13-,14+/m0/s1. The van der Waals surface area contributed by atoms with Crippen LogP contribution in [0.2, 0.25) is 0 Å². The van der Waals surface area contributed by atoms with Crippen molar-refractivity contribution in [3.63, 3.8) is 0 Å². The Morgan fingerprint density at radius 1 is 1.09 bits per heavy atom.